The molecular formula is C2H5IS2. The molecule has 1 unspecified atom stereocenters. The summed E-state index contributed by atoms with van der Waals surface area (Å²) < 4.78 is 0.635. The predicted molar refractivity (Wildman–Crippen MR) is 40.1 cm³/mol. The number of hydrogen-bond acceptors (Lipinski definition) is 2. The summed E-state index contributed by atoms with van der Waals surface area (Å²) in [5.41, 5.74) is 0. The van der Waals surface area contributed by atoms with Gasteiger partial charge in [0.05, 0.1) is 3.26 Å². The summed E-state index contributed by atoms with van der Waals surface area (Å²) in [7, 11) is 1.56. The molecule has 0 radical (unpaired) electrons. The fourth-order valence-corrected chi connectivity index (χ4v) is 0. The number of rotatable bonds is 1. The molecule has 0 aromatic rings. The van der Waals surface area contributed by atoms with Gasteiger partial charge < -0.3 is 0 Å². The lowest BCUT2D eigenvalue weighted by Crippen LogP contribution is -1.67. The van der Waals surface area contributed by atoms with Gasteiger partial charge in [0.15, 0.2) is 0 Å². The van der Waals surface area contributed by atoms with Crippen LogP contribution in [0.25, 0.3) is 0 Å². The van der Waals surface area contributed by atoms with Crippen LogP contribution in [0.2, 0.25) is 0 Å². The van der Waals surface area contributed by atoms with E-state index in [9.17, 15) is 0 Å². The van der Waals surface area contributed by atoms with E-state index in [1.165, 1.54) is 0 Å². The van der Waals surface area contributed by atoms with Crippen LogP contribution in [0.3, 0.4) is 0 Å². The fraction of sp³-hybridized carbons (Fsp3) is 1.00. The lowest BCUT2D eigenvalue weighted by molar-refractivity contribution is 1.49. The third kappa shape index (κ3) is 5.43. The van der Waals surface area contributed by atoms with Gasteiger partial charge >= 0.3 is 0 Å². The zero-order valence-corrected chi connectivity index (χ0v) is 6.68. The lowest BCUT2D eigenvalue weighted by Gasteiger charge is -1.87. The van der Waals surface area contributed by atoms with E-state index < -0.39 is 0 Å². The van der Waals surface area contributed by atoms with Gasteiger partial charge in [-0.05, 0) is 6.92 Å². The van der Waals surface area contributed by atoms with E-state index >= 15 is 0 Å². The van der Waals surface area contributed by atoms with Crippen molar-refractivity contribution >= 4 is 45.0 Å². The molecule has 32 valence electrons. The van der Waals surface area contributed by atoms with Gasteiger partial charge in [-0.2, -0.15) is 0 Å². The normalized spacial score (nSPS) is 15.0. The van der Waals surface area contributed by atoms with Gasteiger partial charge in [-0.3, -0.25) is 0 Å². The average Bonchev–Trinajstić information content (AvgIpc) is 1.38. The van der Waals surface area contributed by atoms with Gasteiger partial charge in [-0.15, -0.1) is 11.7 Å². The number of thiol groups is 1. The van der Waals surface area contributed by atoms with Crippen molar-refractivity contribution in [3.05, 3.63) is 0 Å². The van der Waals surface area contributed by atoms with Crippen LogP contribution in [0.1, 0.15) is 6.92 Å². The van der Waals surface area contributed by atoms with E-state index in [2.05, 4.69) is 41.2 Å². The highest BCUT2D eigenvalue weighted by atomic mass is 127. The van der Waals surface area contributed by atoms with E-state index in [4.69, 9.17) is 0 Å². The third-order valence-electron chi connectivity index (χ3n) is 0.145. The second-order valence-corrected chi connectivity index (χ2v) is 4.91. The lowest BCUT2D eigenvalue weighted by atomic mass is 11.0. The van der Waals surface area contributed by atoms with E-state index in [1.807, 2.05) is 0 Å². The van der Waals surface area contributed by atoms with Crippen molar-refractivity contribution in [1.82, 2.24) is 0 Å². The summed E-state index contributed by atoms with van der Waals surface area (Å²) in [5.74, 6) is 0. The second kappa shape index (κ2) is 3.61. The topological polar surface area (TPSA) is 0 Å². The first-order chi connectivity index (χ1) is 2.27. The molecule has 3 heteroatoms. The monoisotopic (exact) mass is 220 g/mol. The summed E-state index contributed by atoms with van der Waals surface area (Å²) >= 11 is 6.22. The Hall–Kier alpha value is 1.43. The Kier molecular flexibility index (Phi) is 4.65. The maximum absolute atomic E-state index is 3.92. The minimum atomic E-state index is 0.635. The molecule has 0 aliphatic heterocycles. The minimum Gasteiger partial charge on any atom is -0.110 e. The Balaban J connectivity index is 2.54. The standard InChI is InChI=1S/C2H5IS2/c1-2(3)5-4/h2,4H,1H3. The van der Waals surface area contributed by atoms with E-state index in [1.54, 1.807) is 10.8 Å². The molecule has 0 aromatic heterocycles. The Morgan fingerprint density at radius 2 is 2.20 bits per heavy atom. The Morgan fingerprint density at radius 3 is 2.20 bits per heavy atom. The quantitative estimate of drug-likeness (QED) is 0.306. The highest BCUT2D eigenvalue weighted by Crippen LogP contribution is 2.19. The molecule has 5 heavy (non-hydrogen) atoms. The molecular weight excluding hydrogens is 215 g/mol. The van der Waals surface area contributed by atoms with Crippen LogP contribution in [-0.4, -0.2) is 3.26 Å². The van der Waals surface area contributed by atoms with Crippen molar-refractivity contribution in [1.29, 1.82) is 0 Å². The van der Waals surface area contributed by atoms with Gasteiger partial charge in [0.2, 0.25) is 0 Å². The largest absolute Gasteiger partial charge is 0.110 e. The molecule has 1 atom stereocenters. The molecule has 0 spiro atoms. The van der Waals surface area contributed by atoms with Crippen molar-refractivity contribution < 1.29 is 0 Å². The van der Waals surface area contributed by atoms with Gasteiger partial charge in [0.25, 0.3) is 0 Å². The summed E-state index contributed by atoms with van der Waals surface area (Å²) in [4.78, 5) is 0. The molecule has 0 saturated heterocycles. The molecule has 0 saturated carbocycles. The van der Waals surface area contributed by atoms with E-state index in [0.29, 0.717) is 3.26 Å². The average molecular weight is 220 g/mol. The molecule has 0 aliphatic carbocycles. The zero-order chi connectivity index (χ0) is 4.28. The van der Waals surface area contributed by atoms with Crippen LogP contribution >= 0.6 is 45.0 Å². The molecule has 0 amide bonds. The van der Waals surface area contributed by atoms with Crippen molar-refractivity contribution in [2.45, 2.75) is 10.2 Å². The van der Waals surface area contributed by atoms with Gasteiger partial charge in [-0.1, -0.05) is 33.4 Å². The van der Waals surface area contributed by atoms with Gasteiger partial charge in [0, 0.05) is 0 Å². The van der Waals surface area contributed by atoms with E-state index in [0.717, 1.165) is 0 Å². The van der Waals surface area contributed by atoms with Gasteiger partial charge in [-0.25, -0.2) is 0 Å². The van der Waals surface area contributed by atoms with E-state index in [-0.39, 0.29) is 0 Å². The highest BCUT2D eigenvalue weighted by Gasteiger charge is 1.84. The number of hydrogen-bond donors (Lipinski definition) is 1. The maximum atomic E-state index is 3.92. The Bertz CT molecular complexity index is 21.6. The fourth-order valence-electron chi connectivity index (χ4n) is 0. The SMILES string of the molecule is CC(I)SS. The summed E-state index contributed by atoms with van der Waals surface area (Å²) in [6.07, 6.45) is 0. The molecule has 0 heterocycles. The third-order valence-corrected chi connectivity index (χ3v) is 3.35. The first-order valence-corrected chi connectivity index (χ1v) is 4.39. The molecule has 0 nitrogen and oxygen atoms in total. The zero-order valence-electron chi connectivity index (χ0n) is 2.81. The second-order valence-electron chi connectivity index (χ2n) is 0.648. The Morgan fingerprint density at radius 1 is 2.00 bits per heavy atom. The van der Waals surface area contributed by atoms with Crippen LogP contribution in [0.15, 0.2) is 0 Å². The van der Waals surface area contributed by atoms with Crippen LogP contribution in [0.5, 0.6) is 0 Å². The molecule has 0 N–H and O–H groups in total. The predicted octanol–water partition coefficient (Wildman–Crippen LogP) is 2.35. The highest BCUT2D eigenvalue weighted by molar-refractivity contribution is 14.1. The first kappa shape index (κ1) is 6.43. The minimum absolute atomic E-state index is 0.635. The van der Waals surface area contributed by atoms with Crippen molar-refractivity contribution in [3.8, 4) is 0 Å². The van der Waals surface area contributed by atoms with Crippen LogP contribution in [-0.2, 0) is 0 Å². The van der Waals surface area contributed by atoms with Crippen molar-refractivity contribution in [2.75, 3.05) is 0 Å². The number of halogens is 1. The molecule has 0 bridgehead atoms. The van der Waals surface area contributed by atoms with Crippen molar-refractivity contribution in [3.63, 3.8) is 0 Å². The van der Waals surface area contributed by atoms with Crippen LogP contribution in [0, 0.1) is 0 Å². The van der Waals surface area contributed by atoms with Crippen LogP contribution < -0.4 is 0 Å². The van der Waals surface area contributed by atoms with Crippen LogP contribution in [0.4, 0.5) is 0 Å². The molecule has 0 aliphatic rings. The molecule has 0 rings (SSSR count). The summed E-state index contributed by atoms with van der Waals surface area (Å²) in [6.45, 7) is 2.10. The maximum Gasteiger partial charge on any atom is 0.0637 e. The van der Waals surface area contributed by atoms with Crippen molar-refractivity contribution in [2.24, 2.45) is 0 Å². The smallest absolute Gasteiger partial charge is 0.0637 e. The molecule has 0 aromatic carbocycles. The first-order valence-electron chi connectivity index (χ1n) is 1.21. The Labute approximate surface area is 55.0 Å². The number of alkyl halides is 1. The summed E-state index contributed by atoms with van der Waals surface area (Å²) in [5, 5.41) is 0. The summed E-state index contributed by atoms with van der Waals surface area (Å²) in [6, 6.07) is 0. The molecule has 0 fully saturated rings. The van der Waals surface area contributed by atoms with Gasteiger partial charge in [0.1, 0.15) is 0 Å².